The van der Waals surface area contributed by atoms with Gasteiger partial charge in [-0.2, -0.15) is 0 Å². The van der Waals surface area contributed by atoms with Crippen LogP contribution in [-0.4, -0.2) is 28.2 Å². The number of para-hydroxylation sites is 3. The third-order valence-electron chi connectivity index (χ3n) is 4.91. The molecule has 4 aromatic rings. The second kappa shape index (κ2) is 6.98. The molecule has 3 aromatic carbocycles. The Morgan fingerprint density at radius 2 is 1.79 bits per heavy atom. The van der Waals surface area contributed by atoms with Crippen LogP contribution in [0.15, 0.2) is 72.8 Å². The number of aromatic nitrogens is 2. The van der Waals surface area contributed by atoms with Crippen LogP contribution in [0.4, 0.5) is 5.69 Å². The molecule has 6 nitrogen and oxygen atoms in total. The van der Waals surface area contributed by atoms with E-state index >= 15 is 0 Å². The summed E-state index contributed by atoms with van der Waals surface area (Å²) in [7, 11) is 0. The zero-order valence-electron chi connectivity index (χ0n) is 15.8. The monoisotopic (exact) mass is 385 g/mol. The van der Waals surface area contributed by atoms with E-state index in [1.807, 2.05) is 73.7 Å². The molecule has 0 bridgehead atoms. The Morgan fingerprint density at radius 3 is 2.62 bits per heavy atom. The van der Waals surface area contributed by atoms with Crippen LogP contribution in [0.5, 0.6) is 11.5 Å². The molecule has 0 saturated carbocycles. The third kappa shape index (κ3) is 3.18. The Labute approximate surface area is 167 Å². The summed E-state index contributed by atoms with van der Waals surface area (Å²) in [5.41, 5.74) is 3.52. The molecule has 0 spiro atoms. The lowest BCUT2D eigenvalue weighted by atomic mass is 10.2. The fraction of sp³-hybridized carbons (Fsp3) is 0.130. The second-order valence-corrected chi connectivity index (χ2v) is 6.89. The Morgan fingerprint density at radius 1 is 1.03 bits per heavy atom. The van der Waals surface area contributed by atoms with Gasteiger partial charge in [0.1, 0.15) is 12.4 Å². The zero-order chi connectivity index (χ0) is 19.8. The highest BCUT2D eigenvalue weighted by Gasteiger charge is 2.27. The molecule has 0 radical (unpaired) electrons. The van der Waals surface area contributed by atoms with Gasteiger partial charge in [0.05, 0.1) is 11.0 Å². The number of fused-ring (bicyclic) bond motifs is 2. The van der Waals surface area contributed by atoms with Crippen LogP contribution in [0.2, 0.25) is 0 Å². The lowest BCUT2D eigenvalue weighted by Crippen LogP contribution is -2.40. The minimum absolute atomic E-state index is 0.173. The van der Waals surface area contributed by atoms with E-state index < -0.39 is 6.10 Å². The minimum atomic E-state index is -0.704. The summed E-state index contributed by atoms with van der Waals surface area (Å²) in [4.78, 5) is 17.3. The Hall–Kier alpha value is -3.80. The van der Waals surface area contributed by atoms with Crippen LogP contribution in [0.1, 0.15) is 5.82 Å². The van der Waals surface area contributed by atoms with Crippen molar-refractivity contribution in [2.75, 3.05) is 11.9 Å². The molecule has 1 N–H and O–H groups in total. The molecule has 1 aromatic heterocycles. The fourth-order valence-corrected chi connectivity index (χ4v) is 3.55. The summed E-state index contributed by atoms with van der Waals surface area (Å²) in [6.45, 7) is 2.14. The number of anilines is 1. The smallest absolute Gasteiger partial charge is 0.269 e. The van der Waals surface area contributed by atoms with Gasteiger partial charge in [-0.3, -0.25) is 9.36 Å². The van der Waals surface area contributed by atoms with E-state index in [-0.39, 0.29) is 12.5 Å². The molecule has 1 aliphatic heterocycles. The Kier molecular flexibility index (Phi) is 4.17. The molecule has 1 amide bonds. The van der Waals surface area contributed by atoms with E-state index in [1.165, 1.54) is 0 Å². The average Bonchev–Trinajstić information content (AvgIpc) is 3.09. The van der Waals surface area contributed by atoms with Crippen molar-refractivity contribution in [2.45, 2.75) is 13.0 Å². The van der Waals surface area contributed by atoms with Crippen molar-refractivity contribution >= 4 is 22.6 Å². The second-order valence-electron chi connectivity index (χ2n) is 6.89. The first-order valence-electron chi connectivity index (χ1n) is 9.43. The van der Waals surface area contributed by atoms with Gasteiger partial charge in [-0.25, -0.2) is 4.98 Å². The number of ether oxygens (including phenoxy) is 2. The Balaban J connectivity index is 1.38. The molecule has 29 heavy (non-hydrogen) atoms. The van der Waals surface area contributed by atoms with Crippen LogP contribution >= 0.6 is 0 Å². The van der Waals surface area contributed by atoms with Crippen LogP contribution in [0.25, 0.3) is 16.7 Å². The first-order chi connectivity index (χ1) is 14.2. The molecule has 6 heteroatoms. The summed E-state index contributed by atoms with van der Waals surface area (Å²) >= 11 is 0. The Bertz CT molecular complexity index is 1200. The number of carbonyl (C=O) groups is 1. The molecule has 0 saturated heterocycles. The number of amides is 1. The highest BCUT2D eigenvalue weighted by molar-refractivity contribution is 5.96. The van der Waals surface area contributed by atoms with Crippen LogP contribution < -0.4 is 14.8 Å². The number of nitrogens with one attached hydrogen (secondary N) is 1. The molecule has 1 atom stereocenters. The highest BCUT2D eigenvalue weighted by atomic mass is 16.6. The van der Waals surface area contributed by atoms with Gasteiger partial charge in [0.15, 0.2) is 11.5 Å². The molecule has 5 rings (SSSR count). The van der Waals surface area contributed by atoms with Crippen LogP contribution in [0, 0.1) is 6.92 Å². The van der Waals surface area contributed by atoms with Crippen molar-refractivity contribution in [3.05, 3.63) is 78.6 Å². The number of benzene rings is 3. The van der Waals surface area contributed by atoms with Crippen molar-refractivity contribution in [1.29, 1.82) is 0 Å². The van der Waals surface area contributed by atoms with Crippen molar-refractivity contribution < 1.29 is 14.3 Å². The van der Waals surface area contributed by atoms with Gasteiger partial charge in [-0.1, -0.05) is 30.3 Å². The molecule has 1 aliphatic rings. The van der Waals surface area contributed by atoms with Crippen molar-refractivity contribution in [2.24, 2.45) is 0 Å². The summed E-state index contributed by atoms with van der Waals surface area (Å²) in [6, 6.07) is 23.1. The maximum Gasteiger partial charge on any atom is 0.269 e. The molecule has 0 fully saturated rings. The van der Waals surface area contributed by atoms with Crippen molar-refractivity contribution in [3.8, 4) is 17.2 Å². The first kappa shape index (κ1) is 17.3. The molecule has 144 valence electrons. The normalized spacial score (nSPS) is 15.3. The quantitative estimate of drug-likeness (QED) is 0.576. The predicted molar refractivity (Wildman–Crippen MR) is 111 cm³/mol. The third-order valence-corrected chi connectivity index (χ3v) is 4.91. The maximum atomic E-state index is 12.7. The topological polar surface area (TPSA) is 65.4 Å². The van der Waals surface area contributed by atoms with Gasteiger partial charge in [-0.05, 0) is 49.4 Å². The predicted octanol–water partition coefficient (Wildman–Crippen LogP) is 4.11. The lowest BCUT2D eigenvalue weighted by molar-refractivity contribution is -0.125. The largest absolute Gasteiger partial charge is 0.485 e. The lowest BCUT2D eigenvalue weighted by Gasteiger charge is -2.25. The van der Waals surface area contributed by atoms with E-state index in [1.54, 1.807) is 6.07 Å². The summed E-state index contributed by atoms with van der Waals surface area (Å²) < 4.78 is 13.5. The number of nitrogens with zero attached hydrogens (tertiary/aromatic N) is 2. The van der Waals surface area contributed by atoms with Crippen LogP contribution in [0.3, 0.4) is 0 Å². The number of hydrogen-bond acceptors (Lipinski definition) is 4. The number of aryl methyl sites for hydroxylation is 1. The fourth-order valence-electron chi connectivity index (χ4n) is 3.55. The average molecular weight is 385 g/mol. The van der Waals surface area contributed by atoms with E-state index in [4.69, 9.17) is 9.47 Å². The maximum absolute atomic E-state index is 12.7. The number of imidazole rings is 1. The first-order valence-corrected chi connectivity index (χ1v) is 9.43. The minimum Gasteiger partial charge on any atom is -0.485 e. The SMILES string of the molecule is Cc1nc2cc(NC(=O)[C@H]3COc4ccccc4O3)ccc2n1-c1ccccc1. The molecular formula is C23H19N3O3. The van der Waals surface area contributed by atoms with E-state index in [0.717, 1.165) is 22.5 Å². The summed E-state index contributed by atoms with van der Waals surface area (Å²) in [5, 5.41) is 2.91. The van der Waals surface area contributed by atoms with Gasteiger partial charge in [0, 0.05) is 11.4 Å². The van der Waals surface area contributed by atoms with Crippen molar-refractivity contribution in [1.82, 2.24) is 9.55 Å². The van der Waals surface area contributed by atoms with Crippen molar-refractivity contribution in [3.63, 3.8) is 0 Å². The summed E-state index contributed by atoms with van der Waals surface area (Å²) in [5.74, 6) is 1.86. The summed E-state index contributed by atoms with van der Waals surface area (Å²) in [6.07, 6.45) is -0.704. The molecule has 0 aliphatic carbocycles. The van der Waals surface area contributed by atoms with E-state index in [2.05, 4.69) is 14.9 Å². The van der Waals surface area contributed by atoms with E-state index in [0.29, 0.717) is 17.2 Å². The van der Waals surface area contributed by atoms with Gasteiger partial charge in [0.2, 0.25) is 6.10 Å². The number of hydrogen-bond donors (Lipinski definition) is 1. The molecular weight excluding hydrogens is 366 g/mol. The standard InChI is InChI=1S/C23H19N3O3/c1-15-24-18-13-16(11-12-19(18)26(15)17-7-3-2-4-8-17)25-23(27)22-14-28-20-9-5-6-10-21(20)29-22/h2-13,22H,14H2,1H3,(H,25,27)/t22-/m1/s1. The van der Waals surface area contributed by atoms with Gasteiger partial charge < -0.3 is 14.8 Å². The zero-order valence-corrected chi connectivity index (χ0v) is 15.8. The van der Waals surface area contributed by atoms with Gasteiger partial charge >= 0.3 is 0 Å². The number of carbonyl (C=O) groups excluding carboxylic acids is 1. The molecule has 0 unspecified atom stereocenters. The van der Waals surface area contributed by atoms with Crippen LogP contribution in [-0.2, 0) is 4.79 Å². The van der Waals surface area contributed by atoms with E-state index in [9.17, 15) is 4.79 Å². The number of rotatable bonds is 3. The van der Waals surface area contributed by atoms with Gasteiger partial charge in [0.25, 0.3) is 5.91 Å². The van der Waals surface area contributed by atoms with Gasteiger partial charge in [-0.15, -0.1) is 0 Å². The molecule has 2 heterocycles. The highest BCUT2D eigenvalue weighted by Crippen LogP contribution is 2.31.